The van der Waals surface area contributed by atoms with Crippen molar-refractivity contribution < 1.29 is 0 Å². The Labute approximate surface area is 112 Å². The van der Waals surface area contributed by atoms with Gasteiger partial charge in [0.2, 0.25) is 0 Å². The maximum atomic E-state index is 9.50. The molecule has 1 N–H and O–H groups in total. The van der Waals surface area contributed by atoms with Crippen molar-refractivity contribution in [1.82, 2.24) is 15.1 Å². The predicted octanol–water partition coefficient (Wildman–Crippen LogP) is 2.29. The highest BCUT2D eigenvalue weighted by atomic mass is 15.2. The summed E-state index contributed by atoms with van der Waals surface area (Å²) in [5.74, 6) is 0. The third kappa shape index (κ3) is 2.00. The number of aryl methyl sites for hydroxylation is 1. The van der Waals surface area contributed by atoms with Gasteiger partial charge in [-0.25, -0.2) is 0 Å². The van der Waals surface area contributed by atoms with Crippen molar-refractivity contribution in [2.45, 2.75) is 6.42 Å². The molecular formula is C15H14N4. The molecule has 0 unspecified atom stereocenters. The summed E-state index contributed by atoms with van der Waals surface area (Å²) in [6.45, 7) is 0.942. The second-order valence-electron chi connectivity index (χ2n) is 4.58. The Morgan fingerprint density at radius 1 is 1.37 bits per heavy atom. The molecule has 0 atom stereocenters. The minimum Gasteiger partial charge on any atom is -0.384 e. The fourth-order valence-electron chi connectivity index (χ4n) is 2.40. The van der Waals surface area contributed by atoms with E-state index in [2.05, 4.69) is 22.6 Å². The molecule has 1 aromatic carbocycles. The summed E-state index contributed by atoms with van der Waals surface area (Å²) in [6, 6.07) is 8.27. The summed E-state index contributed by atoms with van der Waals surface area (Å²) < 4.78 is 1.75. The third-order valence-corrected chi connectivity index (χ3v) is 3.29. The molecule has 3 rings (SSSR count). The van der Waals surface area contributed by atoms with E-state index in [4.69, 9.17) is 0 Å². The van der Waals surface area contributed by atoms with Gasteiger partial charge in [-0.1, -0.05) is 24.3 Å². The van der Waals surface area contributed by atoms with Crippen molar-refractivity contribution >= 4 is 5.70 Å². The van der Waals surface area contributed by atoms with Crippen LogP contribution in [0.25, 0.3) is 16.8 Å². The van der Waals surface area contributed by atoms with Crippen LogP contribution in [0.2, 0.25) is 0 Å². The summed E-state index contributed by atoms with van der Waals surface area (Å²) >= 11 is 0. The van der Waals surface area contributed by atoms with E-state index in [1.165, 1.54) is 0 Å². The molecule has 0 saturated heterocycles. The van der Waals surface area contributed by atoms with Crippen LogP contribution in [0, 0.1) is 11.3 Å². The molecule has 2 heterocycles. The first-order chi connectivity index (χ1) is 9.29. The molecule has 0 spiro atoms. The Bertz CT molecular complexity index is 688. The molecule has 0 amide bonds. The van der Waals surface area contributed by atoms with Crippen molar-refractivity contribution in [2.24, 2.45) is 7.05 Å². The second kappa shape index (κ2) is 4.62. The zero-order valence-electron chi connectivity index (χ0n) is 10.7. The van der Waals surface area contributed by atoms with Gasteiger partial charge in [0.15, 0.2) is 0 Å². The van der Waals surface area contributed by atoms with Crippen molar-refractivity contribution in [2.75, 3.05) is 6.54 Å². The molecule has 0 saturated carbocycles. The molecule has 0 bridgehead atoms. The maximum Gasteiger partial charge on any atom is 0.100 e. The SMILES string of the molecule is Cn1cc(-c2cccc(C3=CCCN3)c2C#N)cn1. The van der Waals surface area contributed by atoms with E-state index in [-0.39, 0.29) is 0 Å². The molecule has 1 aliphatic rings. The lowest BCUT2D eigenvalue weighted by Crippen LogP contribution is -2.07. The van der Waals surface area contributed by atoms with Crippen LogP contribution < -0.4 is 5.32 Å². The highest BCUT2D eigenvalue weighted by Gasteiger charge is 2.15. The second-order valence-corrected chi connectivity index (χ2v) is 4.58. The van der Waals surface area contributed by atoms with Crippen molar-refractivity contribution in [3.8, 4) is 17.2 Å². The fourth-order valence-corrected chi connectivity index (χ4v) is 2.40. The van der Waals surface area contributed by atoms with Gasteiger partial charge in [0.1, 0.15) is 6.07 Å². The van der Waals surface area contributed by atoms with E-state index in [0.29, 0.717) is 5.56 Å². The van der Waals surface area contributed by atoms with Gasteiger partial charge in [0.05, 0.1) is 11.8 Å². The smallest absolute Gasteiger partial charge is 0.100 e. The zero-order valence-corrected chi connectivity index (χ0v) is 10.7. The minimum atomic E-state index is 0.705. The highest BCUT2D eigenvalue weighted by Crippen LogP contribution is 2.29. The summed E-state index contributed by atoms with van der Waals surface area (Å²) in [6.07, 6.45) is 6.87. The van der Waals surface area contributed by atoms with Gasteiger partial charge in [-0.15, -0.1) is 0 Å². The Balaban J connectivity index is 2.16. The molecule has 1 aromatic heterocycles. The highest BCUT2D eigenvalue weighted by molar-refractivity contribution is 5.80. The van der Waals surface area contributed by atoms with Gasteiger partial charge >= 0.3 is 0 Å². The van der Waals surface area contributed by atoms with Gasteiger partial charge in [-0.3, -0.25) is 4.68 Å². The normalized spacial score (nSPS) is 13.8. The van der Waals surface area contributed by atoms with Gasteiger partial charge in [0.25, 0.3) is 0 Å². The predicted molar refractivity (Wildman–Crippen MR) is 74.0 cm³/mol. The van der Waals surface area contributed by atoms with E-state index in [1.807, 2.05) is 31.4 Å². The third-order valence-electron chi connectivity index (χ3n) is 3.29. The molecule has 0 aliphatic carbocycles. The van der Waals surface area contributed by atoms with Gasteiger partial charge in [0, 0.05) is 42.2 Å². The van der Waals surface area contributed by atoms with Crippen LogP contribution in [0.15, 0.2) is 36.7 Å². The Kier molecular flexibility index (Phi) is 2.81. The molecular weight excluding hydrogens is 236 g/mol. The molecule has 2 aromatic rings. The molecule has 1 aliphatic heterocycles. The topological polar surface area (TPSA) is 53.6 Å². The number of rotatable bonds is 2. The molecule has 94 valence electrons. The van der Waals surface area contributed by atoms with Crippen molar-refractivity contribution in [3.63, 3.8) is 0 Å². The van der Waals surface area contributed by atoms with Crippen molar-refractivity contribution in [3.05, 3.63) is 47.8 Å². The van der Waals surface area contributed by atoms with Crippen LogP contribution in [-0.2, 0) is 7.05 Å². The zero-order chi connectivity index (χ0) is 13.2. The molecule has 19 heavy (non-hydrogen) atoms. The van der Waals surface area contributed by atoms with E-state index >= 15 is 0 Å². The number of aromatic nitrogens is 2. The van der Waals surface area contributed by atoms with E-state index < -0.39 is 0 Å². The maximum absolute atomic E-state index is 9.50. The van der Waals surface area contributed by atoms with Crippen LogP contribution in [0.1, 0.15) is 17.5 Å². The number of hydrogen-bond donors (Lipinski definition) is 1. The quantitative estimate of drug-likeness (QED) is 0.889. The number of benzene rings is 1. The first-order valence-corrected chi connectivity index (χ1v) is 6.26. The first kappa shape index (κ1) is 11.5. The summed E-state index contributed by atoms with van der Waals surface area (Å²) in [7, 11) is 1.88. The van der Waals surface area contributed by atoms with Crippen molar-refractivity contribution in [1.29, 1.82) is 5.26 Å². The van der Waals surface area contributed by atoms with Crippen LogP contribution >= 0.6 is 0 Å². The van der Waals surface area contributed by atoms with E-state index in [1.54, 1.807) is 10.9 Å². The van der Waals surface area contributed by atoms with E-state index in [9.17, 15) is 5.26 Å². The monoisotopic (exact) mass is 250 g/mol. The largest absolute Gasteiger partial charge is 0.384 e. The summed E-state index contributed by atoms with van der Waals surface area (Å²) in [5.41, 5.74) is 4.64. The number of hydrogen-bond acceptors (Lipinski definition) is 3. The van der Waals surface area contributed by atoms with Crippen LogP contribution in [-0.4, -0.2) is 16.3 Å². The molecule has 4 nitrogen and oxygen atoms in total. The van der Waals surface area contributed by atoms with Gasteiger partial charge < -0.3 is 5.32 Å². The fraction of sp³-hybridized carbons (Fsp3) is 0.200. The average Bonchev–Trinajstić information content (AvgIpc) is 3.08. The first-order valence-electron chi connectivity index (χ1n) is 6.26. The van der Waals surface area contributed by atoms with E-state index in [0.717, 1.165) is 35.4 Å². The Morgan fingerprint density at radius 2 is 2.21 bits per heavy atom. The molecule has 0 fully saturated rings. The van der Waals surface area contributed by atoms with Crippen LogP contribution in [0.5, 0.6) is 0 Å². The number of nitrogens with zero attached hydrogens (tertiary/aromatic N) is 3. The number of nitriles is 1. The number of nitrogens with one attached hydrogen (secondary N) is 1. The average molecular weight is 250 g/mol. The molecule has 0 radical (unpaired) electrons. The van der Waals surface area contributed by atoms with Crippen LogP contribution in [0.3, 0.4) is 0 Å². The summed E-state index contributed by atoms with van der Waals surface area (Å²) in [5, 5.41) is 17.0. The lowest BCUT2D eigenvalue weighted by atomic mass is 9.96. The van der Waals surface area contributed by atoms with Gasteiger partial charge in [-0.05, 0) is 6.42 Å². The standard InChI is InChI=1S/C15H14N4/c1-19-10-11(9-18-19)12-4-2-5-13(14(12)8-16)15-6-3-7-17-15/h2,4-6,9-10,17H,3,7H2,1H3. The summed E-state index contributed by atoms with van der Waals surface area (Å²) in [4.78, 5) is 0. The minimum absolute atomic E-state index is 0.705. The Morgan fingerprint density at radius 3 is 2.84 bits per heavy atom. The Hall–Kier alpha value is -2.54. The van der Waals surface area contributed by atoms with Gasteiger partial charge in [-0.2, -0.15) is 10.4 Å². The lowest BCUT2D eigenvalue weighted by molar-refractivity contribution is 0.768. The van der Waals surface area contributed by atoms with Crippen LogP contribution in [0.4, 0.5) is 0 Å². The lowest BCUT2D eigenvalue weighted by Gasteiger charge is -2.10. The molecule has 4 heteroatoms.